The van der Waals surface area contributed by atoms with Crippen molar-refractivity contribution in [1.29, 1.82) is 0 Å². The minimum atomic E-state index is -3.86. The number of hydrogen-bond donors (Lipinski definition) is 1. The van der Waals surface area contributed by atoms with E-state index in [4.69, 9.17) is 9.47 Å². The van der Waals surface area contributed by atoms with Gasteiger partial charge < -0.3 is 19.7 Å². The largest absolute Gasteiger partial charge is 0.493 e. The van der Waals surface area contributed by atoms with Crippen LogP contribution in [0.25, 0.3) is 0 Å². The van der Waals surface area contributed by atoms with Gasteiger partial charge in [0.25, 0.3) is 0 Å². The summed E-state index contributed by atoms with van der Waals surface area (Å²) in [5, 5.41) is 3.09. The lowest BCUT2D eigenvalue weighted by atomic mass is 9.95. The van der Waals surface area contributed by atoms with Gasteiger partial charge in [-0.15, -0.1) is 0 Å². The lowest BCUT2D eigenvalue weighted by Crippen LogP contribution is -2.52. The Hall–Kier alpha value is -2.79. The minimum Gasteiger partial charge on any atom is -0.493 e. The van der Waals surface area contributed by atoms with Gasteiger partial charge in [0.15, 0.2) is 11.5 Å². The molecule has 9 nitrogen and oxygen atoms in total. The van der Waals surface area contributed by atoms with Crippen LogP contribution in [0.1, 0.15) is 44.6 Å². The third-order valence-electron chi connectivity index (χ3n) is 6.72. The van der Waals surface area contributed by atoms with Crippen molar-refractivity contribution in [3.8, 4) is 11.5 Å². The number of anilines is 1. The molecule has 1 atom stereocenters. The van der Waals surface area contributed by atoms with Gasteiger partial charge in [-0.2, -0.15) is 0 Å². The fourth-order valence-electron chi connectivity index (χ4n) is 4.53. The monoisotopic (exact) mass is 609 g/mol. The number of hydrogen-bond acceptors (Lipinski definition) is 6. The molecule has 2 aromatic rings. The number of benzene rings is 2. The second-order valence-electron chi connectivity index (χ2n) is 9.48. The van der Waals surface area contributed by atoms with Crippen molar-refractivity contribution in [1.82, 2.24) is 10.2 Å². The molecule has 0 heterocycles. The molecule has 3 rings (SSSR count). The first-order valence-corrected chi connectivity index (χ1v) is 15.2. The zero-order valence-electron chi connectivity index (χ0n) is 22.3. The summed E-state index contributed by atoms with van der Waals surface area (Å²) < 4.78 is 38.1. The predicted molar refractivity (Wildman–Crippen MR) is 151 cm³/mol. The molecule has 0 unspecified atom stereocenters. The highest BCUT2D eigenvalue weighted by Crippen LogP contribution is 2.32. The van der Waals surface area contributed by atoms with Gasteiger partial charge in [0, 0.05) is 23.1 Å². The molecule has 0 bridgehead atoms. The average molecular weight is 611 g/mol. The van der Waals surface area contributed by atoms with Crippen LogP contribution in [-0.4, -0.2) is 64.2 Å². The number of sulfonamides is 1. The van der Waals surface area contributed by atoms with Crippen LogP contribution >= 0.6 is 15.9 Å². The van der Waals surface area contributed by atoms with Crippen LogP contribution in [0.15, 0.2) is 46.9 Å². The van der Waals surface area contributed by atoms with Crippen LogP contribution in [0.5, 0.6) is 11.5 Å². The maximum Gasteiger partial charge on any atom is 0.244 e. The van der Waals surface area contributed by atoms with Gasteiger partial charge in [-0.05, 0) is 49.6 Å². The van der Waals surface area contributed by atoms with Gasteiger partial charge in [-0.25, -0.2) is 8.42 Å². The third kappa shape index (κ3) is 7.86. The molecule has 1 N–H and O–H groups in total. The summed E-state index contributed by atoms with van der Waals surface area (Å²) in [5.74, 6) is 0.0118. The zero-order valence-corrected chi connectivity index (χ0v) is 24.7. The van der Waals surface area contributed by atoms with Crippen LogP contribution in [0.2, 0.25) is 0 Å². The summed E-state index contributed by atoms with van der Waals surface area (Å²) in [6.07, 6.45) is 6.16. The summed E-state index contributed by atoms with van der Waals surface area (Å²) in [5.41, 5.74) is 1.07. The molecular weight excluding hydrogens is 574 g/mol. The normalized spacial score (nSPS) is 14.9. The van der Waals surface area contributed by atoms with E-state index in [0.717, 1.165) is 52.7 Å². The Morgan fingerprint density at radius 1 is 1.03 bits per heavy atom. The molecule has 2 aromatic carbocycles. The van der Waals surface area contributed by atoms with Gasteiger partial charge in [0.1, 0.15) is 12.6 Å². The molecule has 0 radical (unpaired) electrons. The molecule has 1 saturated carbocycles. The van der Waals surface area contributed by atoms with Gasteiger partial charge >= 0.3 is 0 Å². The van der Waals surface area contributed by atoms with Crippen LogP contribution in [0.4, 0.5) is 5.69 Å². The molecule has 0 aliphatic heterocycles. The second-order valence-corrected chi connectivity index (χ2v) is 12.3. The number of methoxy groups -OCH3 is 2. The van der Waals surface area contributed by atoms with E-state index in [-0.39, 0.29) is 24.2 Å². The quantitative estimate of drug-likeness (QED) is 0.411. The van der Waals surface area contributed by atoms with Crippen LogP contribution in [0, 0.1) is 0 Å². The highest BCUT2D eigenvalue weighted by atomic mass is 79.9. The van der Waals surface area contributed by atoms with Crippen LogP contribution in [-0.2, 0) is 26.2 Å². The smallest absolute Gasteiger partial charge is 0.244 e. The Balaban J connectivity index is 1.90. The molecule has 38 heavy (non-hydrogen) atoms. The second kappa shape index (κ2) is 13.3. The van der Waals surface area contributed by atoms with Crippen LogP contribution < -0.4 is 19.1 Å². The van der Waals surface area contributed by atoms with Gasteiger partial charge in [0.05, 0.1) is 26.2 Å². The third-order valence-corrected chi connectivity index (χ3v) is 8.39. The molecule has 1 aliphatic carbocycles. The number of halogens is 1. The summed E-state index contributed by atoms with van der Waals surface area (Å²) in [7, 11) is -0.926. The van der Waals surface area contributed by atoms with E-state index >= 15 is 0 Å². The molecule has 0 saturated heterocycles. The summed E-state index contributed by atoms with van der Waals surface area (Å²) in [6, 6.07) is 11.4. The topological polar surface area (TPSA) is 105 Å². The number of ether oxygens (including phenoxy) is 2. The Kier molecular flexibility index (Phi) is 10.4. The Morgan fingerprint density at radius 2 is 1.66 bits per heavy atom. The number of nitrogens with one attached hydrogen (secondary N) is 1. The molecule has 2 amide bonds. The number of nitrogens with zero attached hydrogens (tertiary/aromatic N) is 2. The first-order valence-electron chi connectivity index (χ1n) is 12.6. The summed E-state index contributed by atoms with van der Waals surface area (Å²) in [6.45, 7) is 1.34. The SMILES string of the molecule is COc1ccc(N(CC(=O)N(Cc2ccc(Br)cc2)[C@H](C)C(=O)NC2CCCCC2)S(C)(=O)=O)cc1OC. The van der Waals surface area contributed by atoms with E-state index in [1.54, 1.807) is 19.1 Å². The van der Waals surface area contributed by atoms with Crippen LogP contribution in [0.3, 0.4) is 0 Å². The molecule has 0 spiro atoms. The van der Waals surface area contributed by atoms with Gasteiger partial charge in [0.2, 0.25) is 21.8 Å². The average Bonchev–Trinajstić information content (AvgIpc) is 2.90. The lowest BCUT2D eigenvalue weighted by molar-refractivity contribution is -0.139. The Morgan fingerprint density at radius 3 is 2.24 bits per heavy atom. The van der Waals surface area contributed by atoms with E-state index in [1.165, 1.54) is 25.2 Å². The molecule has 1 fully saturated rings. The first kappa shape index (κ1) is 29.8. The van der Waals surface area contributed by atoms with Crippen molar-refractivity contribution in [2.45, 2.75) is 57.7 Å². The van der Waals surface area contributed by atoms with E-state index in [9.17, 15) is 18.0 Å². The zero-order chi connectivity index (χ0) is 27.9. The fraction of sp³-hybridized carbons (Fsp3) is 0.481. The van der Waals surface area contributed by atoms with Crippen molar-refractivity contribution < 1.29 is 27.5 Å². The highest BCUT2D eigenvalue weighted by molar-refractivity contribution is 9.10. The molecule has 1 aliphatic rings. The summed E-state index contributed by atoms with van der Waals surface area (Å²) in [4.78, 5) is 28.4. The lowest BCUT2D eigenvalue weighted by Gasteiger charge is -2.33. The fourth-order valence-corrected chi connectivity index (χ4v) is 5.64. The molecular formula is C27H36BrN3O6S. The minimum absolute atomic E-state index is 0.0858. The van der Waals surface area contributed by atoms with Crippen molar-refractivity contribution >= 4 is 43.5 Å². The van der Waals surface area contributed by atoms with Crippen molar-refractivity contribution in [3.05, 3.63) is 52.5 Å². The van der Waals surface area contributed by atoms with Crippen molar-refractivity contribution in [3.63, 3.8) is 0 Å². The number of rotatable bonds is 11. The standard InChI is InChI=1S/C27H36BrN3O6S/c1-19(27(33)29-22-8-6-5-7-9-22)30(17-20-10-12-21(28)13-11-20)26(32)18-31(38(4,34)35)23-14-15-24(36-2)25(16-23)37-3/h10-16,19,22H,5-9,17-18H2,1-4H3,(H,29,33)/t19-/m1/s1. The predicted octanol–water partition coefficient (Wildman–Crippen LogP) is 4.10. The van der Waals surface area contributed by atoms with E-state index in [2.05, 4.69) is 21.2 Å². The summed E-state index contributed by atoms with van der Waals surface area (Å²) >= 11 is 3.41. The maximum atomic E-state index is 13.7. The molecule has 11 heteroatoms. The molecule has 0 aromatic heterocycles. The number of carbonyl (C=O) groups excluding carboxylic acids is 2. The first-order chi connectivity index (χ1) is 18.0. The van der Waals surface area contributed by atoms with Gasteiger partial charge in [-0.3, -0.25) is 13.9 Å². The van der Waals surface area contributed by atoms with Gasteiger partial charge in [-0.1, -0.05) is 47.3 Å². The Labute approximate surface area is 233 Å². The highest BCUT2D eigenvalue weighted by Gasteiger charge is 2.31. The molecule has 208 valence electrons. The Bertz CT molecular complexity index is 1220. The van der Waals surface area contributed by atoms with E-state index < -0.39 is 28.5 Å². The van der Waals surface area contributed by atoms with Crippen molar-refractivity contribution in [2.75, 3.05) is 31.3 Å². The number of carbonyl (C=O) groups is 2. The number of amides is 2. The van der Waals surface area contributed by atoms with Crippen molar-refractivity contribution in [2.24, 2.45) is 0 Å². The van der Waals surface area contributed by atoms with E-state index in [0.29, 0.717) is 11.5 Å². The van der Waals surface area contributed by atoms with E-state index in [1.807, 2.05) is 24.3 Å². The maximum absolute atomic E-state index is 13.7.